The first-order valence-corrected chi connectivity index (χ1v) is 13.6. The molecule has 3 aromatic carbocycles. The first-order chi connectivity index (χ1) is 21.1. The number of aliphatic hydroxyl groups excluding tert-OH is 3. The average molecular weight is 615 g/mol. The summed E-state index contributed by atoms with van der Waals surface area (Å²) in [6.45, 7) is -0.676. The van der Waals surface area contributed by atoms with Crippen LogP contribution in [-0.2, 0) is 9.47 Å². The number of carbonyl (C=O) groups is 1. The van der Waals surface area contributed by atoms with Crippen molar-refractivity contribution in [1.82, 2.24) is 20.3 Å². The summed E-state index contributed by atoms with van der Waals surface area (Å²) in [6.07, 6.45) is -3.23. The van der Waals surface area contributed by atoms with Crippen LogP contribution in [0.15, 0.2) is 66.9 Å². The van der Waals surface area contributed by atoms with Gasteiger partial charge in [0.15, 0.2) is 17.5 Å². The number of hydrogen-bond donors (Lipinski definition) is 4. The lowest BCUT2D eigenvalue weighted by Gasteiger charge is -2.49. The molecule has 10 nitrogen and oxygen atoms in total. The Balaban J connectivity index is 1.28. The lowest BCUT2D eigenvalue weighted by Crippen LogP contribution is -2.69. The number of halogens is 4. The Morgan fingerprint density at radius 3 is 2.41 bits per heavy atom. The molecule has 4 aromatic rings. The summed E-state index contributed by atoms with van der Waals surface area (Å²) >= 11 is 0. The highest BCUT2D eigenvalue weighted by Gasteiger charge is 2.62. The smallest absolute Gasteiger partial charge is 0.251 e. The van der Waals surface area contributed by atoms with Gasteiger partial charge in [0, 0.05) is 11.1 Å². The first-order valence-electron chi connectivity index (χ1n) is 13.6. The number of aliphatic hydroxyl groups is 3. The number of ether oxygens (including phenoxy) is 2. The standard InChI is InChI=1S/C30H26F4N4O6/c31-19-6-2-4-16(10-19)15-3-1-5-17(9-15)29(42)35-24-7-8-43-30(24)28(41)26(27(40)23(14-39)44-30)38-13-22(36-37-38)18-11-20(32)25(34)21(33)12-18/h1-6,9-13,23-24,26-28,39-41H,7-8,14H2,(H,35,42)/t23-,24-,26+,27+,28+,30+/m1/s1. The largest absolute Gasteiger partial charge is 0.394 e. The normalized spacial score (nSPS) is 26.7. The molecule has 1 spiro atoms. The monoisotopic (exact) mass is 614 g/mol. The number of nitrogens with one attached hydrogen (secondary N) is 1. The van der Waals surface area contributed by atoms with E-state index in [1.165, 1.54) is 18.3 Å². The van der Waals surface area contributed by atoms with E-state index in [1.54, 1.807) is 36.4 Å². The molecule has 44 heavy (non-hydrogen) atoms. The third kappa shape index (κ3) is 5.24. The number of nitrogens with zero attached hydrogens (tertiary/aromatic N) is 3. The van der Waals surface area contributed by atoms with Crippen molar-refractivity contribution >= 4 is 5.91 Å². The predicted molar refractivity (Wildman–Crippen MR) is 145 cm³/mol. The second-order valence-electron chi connectivity index (χ2n) is 10.6. The summed E-state index contributed by atoms with van der Waals surface area (Å²) in [5.74, 6) is -7.49. The summed E-state index contributed by atoms with van der Waals surface area (Å²) in [7, 11) is 0. The molecule has 2 aliphatic heterocycles. The fourth-order valence-corrected chi connectivity index (χ4v) is 5.69. The number of amides is 1. The molecule has 2 fully saturated rings. The van der Waals surface area contributed by atoms with E-state index in [9.17, 15) is 37.7 Å². The summed E-state index contributed by atoms with van der Waals surface area (Å²) in [5.41, 5.74) is 1.13. The van der Waals surface area contributed by atoms with Crippen molar-refractivity contribution in [2.45, 2.75) is 42.6 Å². The zero-order valence-corrected chi connectivity index (χ0v) is 22.8. The van der Waals surface area contributed by atoms with Gasteiger partial charge in [0.2, 0.25) is 5.79 Å². The van der Waals surface area contributed by atoms with Crippen LogP contribution in [-0.4, -0.2) is 79.6 Å². The van der Waals surface area contributed by atoms with Crippen LogP contribution in [0.4, 0.5) is 17.6 Å². The van der Waals surface area contributed by atoms with Crippen molar-refractivity contribution in [2.24, 2.45) is 0 Å². The van der Waals surface area contributed by atoms with Crippen LogP contribution in [0.3, 0.4) is 0 Å². The van der Waals surface area contributed by atoms with Crippen LogP contribution < -0.4 is 5.32 Å². The maximum absolute atomic E-state index is 13.8. The summed E-state index contributed by atoms with van der Waals surface area (Å²) in [5, 5.41) is 43.2. The Kier molecular flexibility index (Phi) is 7.94. The molecule has 0 aliphatic carbocycles. The van der Waals surface area contributed by atoms with Gasteiger partial charge in [-0.3, -0.25) is 4.79 Å². The maximum Gasteiger partial charge on any atom is 0.251 e. The third-order valence-electron chi connectivity index (χ3n) is 7.89. The Morgan fingerprint density at radius 1 is 1.00 bits per heavy atom. The quantitative estimate of drug-likeness (QED) is 0.192. The Bertz CT molecular complexity index is 1680. The second kappa shape index (κ2) is 11.7. The number of benzene rings is 3. The van der Waals surface area contributed by atoms with Gasteiger partial charge in [0.25, 0.3) is 5.91 Å². The van der Waals surface area contributed by atoms with E-state index >= 15 is 0 Å². The van der Waals surface area contributed by atoms with Crippen LogP contribution in [0.1, 0.15) is 22.8 Å². The van der Waals surface area contributed by atoms with Gasteiger partial charge < -0.3 is 30.1 Å². The third-order valence-corrected chi connectivity index (χ3v) is 7.89. The molecular weight excluding hydrogens is 588 g/mol. The first kappa shape index (κ1) is 29.8. The second-order valence-corrected chi connectivity index (χ2v) is 10.6. The van der Waals surface area contributed by atoms with Crippen molar-refractivity contribution < 1.29 is 47.1 Å². The highest BCUT2D eigenvalue weighted by molar-refractivity contribution is 5.95. The van der Waals surface area contributed by atoms with E-state index in [0.717, 1.165) is 16.8 Å². The topological polar surface area (TPSA) is 139 Å². The zero-order chi connectivity index (χ0) is 31.2. The molecule has 2 aliphatic rings. The fraction of sp³-hybridized carbons (Fsp3) is 0.300. The van der Waals surface area contributed by atoms with Gasteiger partial charge in [0.1, 0.15) is 35.9 Å². The average Bonchev–Trinajstić information content (AvgIpc) is 3.66. The Hall–Kier alpha value is -4.21. The van der Waals surface area contributed by atoms with Gasteiger partial charge in [-0.05, 0) is 53.9 Å². The van der Waals surface area contributed by atoms with E-state index in [-0.39, 0.29) is 29.8 Å². The SMILES string of the molecule is O=C(N[C@@H]1CCO[C@]12O[C@H](CO)[C@H](O)[C@H](n1cc(-c3cc(F)c(F)c(F)c3)nn1)[C@@H]2O)c1cccc(-c2cccc(F)c2)c1. The molecule has 0 saturated carbocycles. The molecule has 14 heteroatoms. The van der Waals surface area contributed by atoms with E-state index in [0.29, 0.717) is 11.1 Å². The molecule has 6 atom stereocenters. The van der Waals surface area contributed by atoms with Gasteiger partial charge >= 0.3 is 0 Å². The summed E-state index contributed by atoms with van der Waals surface area (Å²) in [6, 6.07) is 11.5. The van der Waals surface area contributed by atoms with Crippen molar-refractivity contribution in [1.29, 1.82) is 0 Å². The minimum Gasteiger partial charge on any atom is -0.394 e. The molecule has 6 rings (SSSR count). The number of aromatic nitrogens is 3. The van der Waals surface area contributed by atoms with Gasteiger partial charge in [-0.2, -0.15) is 0 Å². The highest BCUT2D eigenvalue weighted by Crippen LogP contribution is 2.43. The molecule has 1 aromatic heterocycles. The van der Waals surface area contributed by atoms with Crippen LogP contribution in [0.2, 0.25) is 0 Å². The van der Waals surface area contributed by atoms with Crippen LogP contribution in [0, 0.1) is 23.3 Å². The fourth-order valence-electron chi connectivity index (χ4n) is 5.69. The molecule has 2 saturated heterocycles. The number of rotatable bonds is 6. The van der Waals surface area contributed by atoms with Crippen molar-refractivity contribution in [2.75, 3.05) is 13.2 Å². The number of hydrogen-bond acceptors (Lipinski definition) is 8. The number of carbonyl (C=O) groups excluding carboxylic acids is 1. The lowest BCUT2D eigenvalue weighted by atomic mass is 9.86. The van der Waals surface area contributed by atoms with Gasteiger partial charge in [-0.25, -0.2) is 22.2 Å². The van der Waals surface area contributed by atoms with Gasteiger partial charge in [-0.15, -0.1) is 5.10 Å². The summed E-state index contributed by atoms with van der Waals surface area (Å²) < 4.78 is 67.7. The molecule has 4 N–H and O–H groups in total. The molecule has 0 bridgehead atoms. The van der Waals surface area contributed by atoms with E-state index in [4.69, 9.17) is 9.47 Å². The zero-order valence-electron chi connectivity index (χ0n) is 22.8. The maximum atomic E-state index is 13.8. The van der Waals surface area contributed by atoms with E-state index < -0.39 is 72.0 Å². The predicted octanol–water partition coefficient (Wildman–Crippen LogP) is 2.74. The summed E-state index contributed by atoms with van der Waals surface area (Å²) in [4.78, 5) is 13.4. The van der Waals surface area contributed by atoms with Crippen molar-refractivity contribution in [3.05, 3.63) is 95.7 Å². The van der Waals surface area contributed by atoms with Crippen molar-refractivity contribution in [3.8, 4) is 22.4 Å². The van der Waals surface area contributed by atoms with Crippen molar-refractivity contribution in [3.63, 3.8) is 0 Å². The molecule has 0 unspecified atom stereocenters. The Morgan fingerprint density at radius 2 is 1.70 bits per heavy atom. The highest BCUT2D eigenvalue weighted by atomic mass is 19.2. The minimum absolute atomic E-state index is 0.0308. The Labute approximate surface area is 247 Å². The van der Waals surface area contributed by atoms with Crippen LogP contribution >= 0.6 is 0 Å². The molecular formula is C30H26F4N4O6. The lowest BCUT2D eigenvalue weighted by molar-refractivity contribution is -0.344. The van der Waals surface area contributed by atoms with Gasteiger partial charge in [-0.1, -0.05) is 29.5 Å². The minimum atomic E-state index is -1.95. The molecule has 0 radical (unpaired) electrons. The van der Waals surface area contributed by atoms with E-state index in [1.807, 2.05) is 0 Å². The molecule has 3 heterocycles. The van der Waals surface area contributed by atoms with Gasteiger partial charge in [0.05, 0.1) is 25.5 Å². The van der Waals surface area contributed by atoms with Crippen LogP contribution in [0.5, 0.6) is 0 Å². The molecule has 230 valence electrons. The van der Waals surface area contributed by atoms with E-state index in [2.05, 4.69) is 15.6 Å². The molecule has 1 amide bonds. The van der Waals surface area contributed by atoms with Crippen LogP contribution in [0.25, 0.3) is 22.4 Å².